The number of esters is 1. The second kappa shape index (κ2) is 12.8. The molecular weight excluding hydrogens is 308 g/mol. The van der Waals surface area contributed by atoms with Crippen molar-refractivity contribution in [3.8, 4) is 0 Å². The molecule has 1 saturated carbocycles. The van der Waals surface area contributed by atoms with Crippen LogP contribution in [0.15, 0.2) is 0 Å². The molecule has 1 rings (SSSR count). The minimum absolute atomic E-state index is 0.0203. The van der Waals surface area contributed by atoms with E-state index in [9.17, 15) is 4.79 Å². The van der Waals surface area contributed by atoms with Crippen molar-refractivity contribution >= 4 is 5.97 Å². The fourth-order valence-corrected chi connectivity index (χ4v) is 3.82. The molecule has 0 aromatic carbocycles. The van der Waals surface area contributed by atoms with Gasteiger partial charge in [-0.3, -0.25) is 4.79 Å². The van der Waals surface area contributed by atoms with Gasteiger partial charge in [-0.05, 0) is 43.4 Å². The minimum atomic E-state index is -0.0203. The highest BCUT2D eigenvalue weighted by Gasteiger charge is 2.35. The first kappa shape index (κ1) is 22.5. The smallest absolute Gasteiger partial charge is 0.305 e. The van der Waals surface area contributed by atoms with E-state index in [1.54, 1.807) is 0 Å². The van der Waals surface area contributed by atoms with Gasteiger partial charge < -0.3 is 4.74 Å². The lowest BCUT2D eigenvalue weighted by atomic mass is 9.84. The highest BCUT2D eigenvalue weighted by Crippen LogP contribution is 2.45. The third kappa shape index (κ3) is 11.7. The fraction of sp³-hybridized carbons (Fsp3) is 0.957. The molecular formula is C23H44O2. The number of rotatable bonds is 16. The summed E-state index contributed by atoms with van der Waals surface area (Å²) in [5, 5.41) is 0. The van der Waals surface area contributed by atoms with Crippen LogP contribution in [0.3, 0.4) is 0 Å². The fourth-order valence-electron chi connectivity index (χ4n) is 3.82. The first-order valence-corrected chi connectivity index (χ1v) is 11.1. The van der Waals surface area contributed by atoms with Crippen molar-refractivity contribution in [2.75, 3.05) is 6.61 Å². The lowest BCUT2D eigenvalue weighted by molar-refractivity contribution is -0.143. The Morgan fingerprint density at radius 3 is 2.04 bits per heavy atom. The zero-order chi connectivity index (χ0) is 18.5. The molecule has 148 valence electrons. The van der Waals surface area contributed by atoms with E-state index in [4.69, 9.17) is 4.74 Å². The summed E-state index contributed by atoms with van der Waals surface area (Å²) in [6.07, 6.45) is 18.3. The number of hydrogen-bond acceptors (Lipinski definition) is 2. The van der Waals surface area contributed by atoms with E-state index in [-0.39, 0.29) is 5.97 Å². The number of carbonyl (C=O) groups excluding carboxylic acids is 1. The summed E-state index contributed by atoms with van der Waals surface area (Å²) >= 11 is 0. The van der Waals surface area contributed by atoms with Crippen LogP contribution in [0.1, 0.15) is 118 Å². The lowest BCUT2D eigenvalue weighted by Gasteiger charge is -2.22. The maximum absolute atomic E-state index is 11.3. The maximum atomic E-state index is 11.3. The molecule has 0 aromatic heterocycles. The van der Waals surface area contributed by atoms with E-state index >= 15 is 0 Å². The highest BCUT2D eigenvalue weighted by molar-refractivity contribution is 5.69. The van der Waals surface area contributed by atoms with Crippen LogP contribution >= 0.6 is 0 Å². The molecule has 1 aliphatic rings. The summed E-state index contributed by atoms with van der Waals surface area (Å²) in [6, 6.07) is 0. The molecule has 0 amide bonds. The largest absolute Gasteiger partial charge is 0.466 e. The van der Waals surface area contributed by atoms with Gasteiger partial charge in [0.25, 0.3) is 0 Å². The van der Waals surface area contributed by atoms with Crippen LogP contribution in [0.25, 0.3) is 0 Å². The van der Waals surface area contributed by atoms with Gasteiger partial charge in [-0.15, -0.1) is 0 Å². The third-order valence-electron chi connectivity index (χ3n) is 6.22. The van der Waals surface area contributed by atoms with Crippen LogP contribution in [0, 0.1) is 17.3 Å². The van der Waals surface area contributed by atoms with E-state index in [0.717, 1.165) is 18.3 Å². The standard InChI is InChI=1S/C23H44O2/c1-5-23(3,4)18-14-10-8-7-9-11-15-20-19-21(20)16-12-13-17-22(24)25-6-2/h20-21H,5-19H2,1-4H3. The Balaban J connectivity index is 1.83. The first-order valence-electron chi connectivity index (χ1n) is 11.1. The number of unbranched alkanes of at least 4 members (excludes halogenated alkanes) is 6. The molecule has 0 spiro atoms. The molecule has 0 N–H and O–H groups in total. The third-order valence-corrected chi connectivity index (χ3v) is 6.22. The van der Waals surface area contributed by atoms with Gasteiger partial charge in [-0.1, -0.05) is 85.0 Å². The Labute approximate surface area is 157 Å². The van der Waals surface area contributed by atoms with Gasteiger partial charge >= 0.3 is 5.97 Å². The van der Waals surface area contributed by atoms with Gasteiger partial charge in [0, 0.05) is 6.42 Å². The Kier molecular flexibility index (Phi) is 11.5. The monoisotopic (exact) mass is 352 g/mol. The molecule has 0 aliphatic heterocycles. The van der Waals surface area contributed by atoms with Crippen LogP contribution < -0.4 is 0 Å². The highest BCUT2D eigenvalue weighted by atomic mass is 16.5. The summed E-state index contributed by atoms with van der Waals surface area (Å²) in [7, 11) is 0. The van der Waals surface area contributed by atoms with Gasteiger partial charge in [0.1, 0.15) is 0 Å². The van der Waals surface area contributed by atoms with Crippen LogP contribution in [0.5, 0.6) is 0 Å². The van der Waals surface area contributed by atoms with E-state index in [0.29, 0.717) is 18.4 Å². The topological polar surface area (TPSA) is 26.3 Å². The Morgan fingerprint density at radius 1 is 0.880 bits per heavy atom. The summed E-state index contributed by atoms with van der Waals surface area (Å²) < 4.78 is 4.97. The van der Waals surface area contributed by atoms with Gasteiger partial charge in [-0.25, -0.2) is 0 Å². The van der Waals surface area contributed by atoms with Crippen molar-refractivity contribution in [3.63, 3.8) is 0 Å². The molecule has 25 heavy (non-hydrogen) atoms. The predicted octanol–water partition coefficient (Wildman–Crippen LogP) is 7.30. The van der Waals surface area contributed by atoms with E-state index < -0.39 is 0 Å². The number of hydrogen-bond donors (Lipinski definition) is 0. The molecule has 0 bridgehead atoms. The Bertz CT molecular complexity index is 348. The first-order chi connectivity index (χ1) is 12.0. The molecule has 2 heteroatoms. The van der Waals surface area contributed by atoms with Crippen LogP contribution in [-0.4, -0.2) is 12.6 Å². The van der Waals surface area contributed by atoms with Crippen LogP contribution in [0.2, 0.25) is 0 Å². The van der Waals surface area contributed by atoms with Crippen molar-refractivity contribution in [1.29, 1.82) is 0 Å². The Morgan fingerprint density at radius 2 is 1.44 bits per heavy atom. The van der Waals surface area contributed by atoms with Crippen LogP contribution in [-0.2, 0) is 9.53 Å². The van der Waals surface area contributed by atoms with Crippen LogP contribution in [0.4, 0.5) is 0 Å². The zero-order valence-corrected chi connectivity index (χ0v) is 17.6. The molecule has 0 saturated heterocycles. The van der Waals surface area contributed by atoms with Gasteiger partial charge in [0.15, 0.2) is 0 Å². The molecule has 2 nitrogen and oxygen atoms in total. The molecule has 2 atom stereocenters. The van der Waals surface area contributed by atoms with Crippen molar-refractivity contribution < 1.29 is 9.53 Å². The van der Waals surface area contributed by atoms with Crippen molar-refractivity contribution in [2.24, 2.45) is 17.3 Å². The molecule has 0 heterocycles. The SMILES string of the molecule is CCOC(=O)CCCCC1CC1CCCCCCCCC(C)(C)CC. The normalized spacial score (nSPS) is 19.8. The number of carbonyl (C=O) groups is 1. The number of ether oxygens (including phenoxy) is 1. The van der Waals surface area contributed by atoms with Gasteiger partial charge in [-0.2, -0.15) is 0 Å². The molecule has 1 fully saturated rings. The summed E-state index contributed by atoms with van der Waals surface area (Å²) in [4.78, 5) is 11.3. The van der Waals surface area contributed by atoms with Crippen molar-refractivity contribution in [2.45, 2.75) is 118 Å². The minimum Gasteiger partial charge on any atom is -0.466 e. The van der Waals surface area contributed by atoms with Gasteiger partial charge in [0.05, 0.1) is 6.61 Å². The maximum Gasteiger partial charge on any atom is 0.305 e. The zero-order valence-electron chi connectivity index (χ0n) is 17.6. The average Bonchev–Trinajstić information content (AvgIpc) is 3.32. The molecule has 0 radical (unpaired) electrons. The van der Waals surface area contributed by atoms with Crippen molar-refractivity contribution in [1.82, 2.24) is 0 Å². The van der Waals surface area contributed by atoms with Gasteiger partial charge in [0.2, 0.25) is 0 Å². The lowest BCUT2D eigenvalue weighted by Crippen LogP contribution is -2.08. The quantitative estimate of drug-likeness (QED) is 0.215. The predicted molar refractivity (Wildman–Crippen MR) is 108 cm³/mol. The second-order valence-corrected chi connectivity index (χ2v) is 8.98. The summed E-state index contributed by atoms with van der Waals surface area (Å²) in [5.74, 6) is 1.96. The van der Waals surface area contributed by atoms with E-state index in [1.807, 2.05) is 6.92 Å². The average molecular weight is 353 g/mol. The second-order valence-electron chi connectivity index (χ2n) is 8.98. The summed E-state index contributed by atoms with van der Waals surface area (Å²) in [5.41, 5.74) is 0.553. The van der Waals surface area contributed by atoms with Crippen molar-refractivity contribution in [3.05, 3.63) is 0 Å². The Hall–Kier alpha value is -0.530. The van der Waals surface area contributed by atoms with E-state index in [2.05, 4.69) is 20.8 Å². The molecule has 0 aromatic rings. The summed E-state index contributed by atoms with van der Waals surface area (Å²) in [6.45, 7) is 9.50. The molecule has 1 aliphatic carbocycles. The van der Waals surface area contributed by atoms with E-state index in [1.165, 1.54) is 77.0 Å². The molecule has 2 unspecified atom stereocenters.